The van der Waals surface area contributed by atoms with Gasteiger partial charge in [-0.2, -0.15) is 0 Å². The summed E-state index contributed by atoms with van der Waals surface area (Å²) in [5, 5.41) is 0. The maximum absolute atomic E-state index is 14.0. The van der Waals surface area contributed by atoms with Gasteiger partial charge in [0.15, 0.2) is 0 Å². The van der Waals surface area contributed by atoms with Crippen molar-refractivity contribution < 1.29 is 18.7 Å². The first-order valence-corrected chi connectivity index (χ1v) is 13.1. The molecule has 1 aromatic carbocycles. The van der Waals surface area contributed by atoms with Crippen LogP contribution in [-0.4, -0.2) is 43.1 Å². The van der Waals surface area contributed by atoms with E-state index in [4.69, 9.17) is 9.47 Å². The molecule has 1 aliphatic rings. The fraction of sp³-hybridized carbons (Fsp3) is 0.591. The first-order valence-electron chi connectivity index (χ1n) is 9.63. The van der Waals surface area contributed by atoms with E-state index in [2.05, 4.69) is 31.1 Å². The highest BCUT2D eigenvalue weighted by Gasteiger charge is 2.51. The Morgan fingerprint density at radius 2 is 1.82 bits per heavy atom. The number of halogens is 1. The van der Waals surface area contributed by atoms with Crippen LogP contribution in [0.4, 0.5) is 9.18 Å². The Morgan fingerprint density at radius 1 is 1.25 bits per heavy atom. The normalized spacial score (nSPS) is 21.8. The van der Waals surface area contributed by atoms with Crippen LogP contribution in [0.3, 0.4) is 0 Å². The summed E-state index contributed by atoms with van der Waals surface area (Å²) in [6, 6.07) is 6.89. The van der Waals surface area contributed by atoms with E-state index in [0.717, 1.165) is 11.1 Å². The van der Waals surface area contributed by atoms with Crippen LogP contribution in [0.25, 0.3) is 0 Å². The molecule has 0 bridgehead atoms. The first-order chi connectivity index (χ1) is 12.7. The molecule has 0 aromatic heterocycles. The van der Waals surface area contributed by atoms with Gasteiger partial charge in [0.2, 0.25) is 0 Å². The second-order valence-corrected chi connectivity index (χ2v) is 14.4. The minimum absolute atomic E-state index is 0.563. The van der Waals surface area contributed by atoms with E-state index < -0.39 is 44.3 Å². The number of hydrogen-bond donors (Lipinski definition) is 0. The molecule has 2 unspecified atom stereocenters. The fourth-order valence-electron chi connectivity index (χ4n) is 3.10. The number of ether oxygens (including phenoxy) is 2. The third-order valence-corrected chi connectivity index (χ3v) is 5.12. The summed E-state index contributed by atoms with van der Waals surface area (Å²) in [5.41, 5.74) is 3.44. The van der Waals surface area contributed by atoms with Gasteiger partial charge in [-0.3, -0.25) is 4.90 Å². The number of carbonyl (C=O) groups is 1. The molecule has 1 aromatic rings. The van der Waals surface area contributed by atoms with Crippen molar-refractivity contribution in [2.45, 2.75) is 77.7 Å². The zero-order valence-corrected chi connectivity index (χ0v) is 19.2. The van der Waals surface area contributed by atoms with E-state index in [0.29, 0.717) is 0 Å². The van der Waals surface area contributed by atoms with Crippen molar-refractivity contribution in [3.63, 3.8) is 0 Å². The van der Waals surface area contributed by atoms with Crippen LogP contribution in [0, 0.1) is 11.5 Å². The van der Waals surface area contributed by atoms with Crippen molar-refractivity contribution in [3.8, 4) is 11.5 Å². The maximum Gasteiger partial charge on any atom is 0.413 e. The van der Waals surface area contributed by atoms with Crippen LogP contribution in [-0.2, 0) is 9.47 Å². The SMILES string of the molecule is CC(C)(C)OC(=O)N1C(CF)C(c2ccc(C#C[Si](C)(C)C)cc2)OC1(C)C. The summed E-state index contributed by atoms with van der Waals surface area (Å²) in [5.74, 6) is 3.21. The van der Waals surface area contributed by atoms with Crippen molar-refractivity contribution in [2.75, 3.05) is 6.67 Å². The van der Waals surface area contributed by atoms with Gasteiger partial charge in [-0.25, -0.2) is 9.18 Å². The second kappa shape index (κ2) is 7.88. The predicted molar refractivity (Wildman–Crippen MR) is 112 cm³/mol. The molecule has 0 N–H and O–H groups in total. The lowest BCUT2D eigenvalue weighted by molar-refractivity contribution is -0.0797. The Hall–Kier alpha value is -1.84. The average Bonchev–Trinajstić information content (AvgIpc) is 2.82. The maximum atomic E-state index is 14.0. The Kier molecular flexibility index (Phi) is 6.32. The number of nitrogens with zero attached hydrogens (tertiary/aromatic N) is 1. The highest BCUT2D eigenvalue weighted by Crippen LogP contribution is 2.42. The third-order valence-electron chi connectivity index (χ3n) is 4.25. The van der Waals surface area contributed by atoms with Gasteiger partial charge in [0.1, 0.15) is 32.2 Å². The Labute approximate surface area is 169 Å². The molecule has 0 aliphatic carbocycles. The molecule has 28 heavy (non-hydrogen) atoms. The first kappa shape index (κ1) is 22.4. The minimum Gasteiger partial charge on any atom is -0.444 e. The van der Waals surface area contributed by atoms with Crippen LogP contribution >= 0.6 is 0 Å². The summed E-state index contributed by atoms with van der Waals surface area (Å²) in [4.78, 5) is 14.1. The summed E-state index contributed by atoms with van der Waals surface area (Å²) in [7, 11) is -1.45. The lowest BCUT2D eigenvalue weighted by Gasteiger charge is -2.34. The molecule has 1 amide bonds. The van der Waals surface area contributed by atoms with Crippen LogP contribution in [0.5, 0.6) is 0 Å². The molecule has 2 rings (SSSR count). The van der Waals surface area contributed by atoms with Crippen molar-refractivity contribution in [1.29, 1.82) is 0 Å². The molecule has 6 heteroatoms. The summed E-state index contributed by atoms with van der Waals surface area (Å²) in [6.07, 6.45) is -1.13. The van der Waals surface area contributed by atoms with E-state index in [-0.39, 0.29) is 0 Å². The van der Waals surface area contributed by atoms with Gasteiger partial charge in [0.25, 0.3) is 0 Å². The van der Waals surface area contributed by atoms with E-state index >= 15 is 0 Å². The van der Waals surface area contributed by atoms with Crippen LogP contribution in [0.1, 0.15) is 51.8 Å². The molecular weight excluding hydrogens is 373 g/mol. The van der Waals surface area contributed by atoms with Gasteiger partial charge < -0.3 is 9.47 Å². The topological polar surface area (TPSA) is 38.8 Å². The number of hydrogen-bond acceptors (Lipinski definition) is 3. The second-order valence-electron chi connectivity index (χ2n) is 9.68. The summed E-state index contributed by atoms with van der Waals surface area (Å²) >= 11 is 0. The molecule has 1 heterocycles. The molecule has 1 saturated heterocycles. The van der Waals surface area contributed by atoms with Crippen molar-refractivity contribution in [1.82, 2.24) is 4.90 Å². The standard InChI is InChI=1S/C22H32FNO3Si/c1-21(2,3)27-20(25)24-18(15-23)19(26-22(24,4)5)17-11-9-16(10-12-17)13-14-28(6,7)8/h9-12,18-19H,15H2,1-8H3. The quantitative estimate of drug-likeness (QED) is 0.495. The lowest BCUT2D eigenvalue weighted by atomic mass is 10.0. The molecule has 0 saturated carbocycles. The smallest absolute Gasteiger partial charge is 0.413 e. The van der Waals surface area contributed by atoms with Gasteiger partial charge in [0.05, 0.1) is 6.04 Å². The van der Waals surface area contributed by atoms with Crippen LogP contribution in [0.2, 0.25) is 19.6 Å². The molecule has 0 spiro atoms. The summed E-state index contributed by atoms with van der Waals surface area (Å²) in [6.45, 7) is 14.7. The Morgan fingerprint density at radius 3 is 2.29 bits per heavy atom. The van der Waals surface area contributed by atoms with Gasteiger partial charge in [-0.15, -0.1) is 5.54 Å². The van der Waals surface area contributed by atoms with Gasteiger partial charge >= 0.3 is 6.09 Å². The third kappa shape index (κ3) is 5.59. The minimum atomic E-state index is -1.45. The average molecular weight is 406 g/mol. The van der Waals surface area contributed by atoms with E-state index in [9.17, 15) is 9.18 Å². The number of amides is 1. The lowest BCUT2D eigenvalue weighted by Crippen LogP contribution is -2.50. The summed E-state index contributed by atoms with van der Waals surface area (Å²) < 4.78 is 25.6. The zero-order valence-electron chi connectivity index (χ0n) is 18.2. The fourth-order valence-corrected chi connectivity index (χ4v) is 3.62. The zero-order chi connectivity index (χ0) is 21.3. The molecule has 4 nitrogen and oxygen atoms in total. The van der Waals surface area contributed by atoms with Crippen LogP contribution < -0.4 is 0 Å². The van der Waals surface area contributed by atoms with E-state index in [1.54, 1.807) is 34.6 Å². The monoisotopic (exact) mass is 405 g/mol. The van der Waals surface area contributed by atoms with Gasteiger partial charge in [-0.1, -0.05) is 37.7 Å². The van der Waals surface area contributed by atoms with Crippen molar-refractivity contribution in [2.24, 2.45) is 0 Å². The van der Waals surface area contributed by atoms with Crippen LogP contribution in [0.15, 0.2) is 24.3 Å². The Balaban J connectivity index is 2.28. The Bertz CT molecular complexity index is 766. The van der Waals surface area contributed by atoms with Crippen molar-refractivity contribution in [3.05, 3.63) is 35.4 Å². The predicted octanol–water partition coefficient (Wildman–Crippen LogP) is 5.30. The number of alkyl halides is 1. The molecule has 1 fully saturated rings. The largest absolute Gasteiger partial charge is 0.444 e. The number of benzene rings is 1. The van der Waals surface area contributed by atoms with E-state index in [1.807, 2.05) is 24.3 Å². The number of carbonyl (C=O) groups excluding carboxylic acids is 1. The van der Waals surface area contributed by atoms with Gasteiger partial charge in [0, 0.05) is 5.56 Å². The van der Waals surface area contributed by atoms with Crippen molar-refractivity contribution >= 4 is 14.2 Å². The van der Waals surface area contributed by atoms with Gasteiger partial charge in [-0.05, 0) is 52.3 Å². The molecule has 1 aliphatic heterocycles. The highest BCUT2D eigenvalue weighted by atomic mass is 28.3. The highest BCUT2D eigenvalue weighted by molar-refractivity contribution is 6.83. The molecule has 2 atom stereocenters. The molecular formula is C22H32FNO3Si. The molecule has 0 radical (unpaired) electrons. The molecule has 154 valence electrons. The van der Waals surface area contributed by atoms with E-state index in [1.165, 1.54) is 4.90 Å². The number of rotatable bonds is 2.